The van der Waals surface area contributed by atoms with Crippen LogP contribution in [-0.2, 0) is 0 Å². The molecule has 4 nitrogen and oxygen atoms in total. The molecule has 2 aliphatic heterocycles. The Kier molecular flexibility index (Phi) is 4.97. The maximum atomic E-state index is 10.2. The second-order valence-electron chi connectivity index (χ2n) is 7.05. The van der Waals surface area contributed by atoms with Crippen molar-refractivity contribution in [3.8, 4) is 0 Å². The molecule has 3 rings (SSSR count). The maximum Gasteiger partial charge on any atom is 0.0583 e. The molecule has 0 aromatic heterocycles. The van der Waals surface area contributed by atoms with E-state index in [1.54, 1.807) is 0 Å². The second kappa shape index (κ2) is 6.73. The van der Waals surface area contributed by atoms with Crippen molar-refractivity contribution in [3.05, 3.63) is 0 Å². The number of nitrogens with zero attached hydrogens (tertiary/aromatic N) is 3. The third kappa shape index (κ3) is 3.35. The molecule has 0 aromatic carbocycles. The molecule has 4 heteroatoms. The largest absolute Gasteiger partial charge is 0.393 e. The van der Waals surface area contributed by atoms with Crippen molar-refractivity contribution in [2.75, 3.05) is 52.9 Å². The Morgan fingerprint density at radius 1 is 0.900 bits per heavy atom. The minimum Gasteiger partial charge on any atom is -0.393 e. The molecule has 3 aliphatic rings. The lowest BCUT2D eigenvalue weighted by molar-refractivity contribution is 0.0659. The summed E-state index contributed by atoms with van der Waals surface area (Å²) in [5.41, 5.74) is 0. The number of likely N-dealkylation sites (N-methyl/N-ethyl adjacent to an activating group) is 1. The van der Waals surface area contributed by atoms with Gasteiger partial charge in [-0.05, 0) is 39.3 Å². The molecule has 0 bridgehead atoms. The highest BCUT2D eigenvalue weighted by molar-refractivity contribution is 4.92. The van der Waals surface area contributed by atoms with Gasteiger partial charge in [-0.15, -0.1) is 0 Å². The van der Waals surface area contributed by atoms with Crippen molar-refractivity contribution >= 4 is 0 Å². The van der Waals surface area contributed by atoms with Crippen molar-refractivity contribution in [2.24, 2.45) is 5.92 Å². The molecule has 2 saturated heterocycles. The first kappa shape index (κ1) is 14.8. The van der Waals surface area contributed by atoms with Crippen LogP contribution >= 0.6 is 0 Å². The van der Waals surface area contributed by atoms with Crippen molar-refractivity contribution in [1.29, 1.82) is 0 Å². The molecule has 20 heavy (non-hydrogen) atoms. The highest BCUT2D eigenvalue weighted by Crippen LogP contribution is 2.35. The number of likely N-dealkylation sites (tertiary alicyclic amines) is 1. The van der Waals surface area contributed by atoms with Crippen LogP contribution < -0.4 is 0 Å². The quantitative estimate of drug-likeness (QED) is 0.828. The second-order valence-corrected chi connectivity index (χ2v) is 7.05. The summed E-state index contributed by atoms with van der Waals surface area (Å²) in [4.78, 5) is 7.71. The highest BCUT2D eigenvalue weighted by Gasteiger charge is 2.37. The number of piperazine rings is 1. The Morgan fingerprint density at radius 3 is 2.40 bits per heavy atom. The summed E-state index contributed by atoms with van der Waals surface area (Å²) in [6.07, 6.45) is 6.13. The van der Waals surface area contributed by atoms with Crippen LogP contribution in [0, 0.1) is 5.92 Å². The molecule has 116 valence electrons. The van der Waals surface area contributed by atoms with Gasteiger partial charge in [-0.25, -0.2) is 0 Å². The lowest BCUT2D eigenvalue weighted by Gasteiger charge is -2.36. The summed E-state index contributed by atoms with van der Waals surface area (Å²) in [5.74, 6) is 0.560. The summed E-state index contributed by atoms with van der Waals surface area (Å²) in [5, 5.41) is 10.2. The number of hydrogen-bond acceptors (Lipinski definition) is 4. The lowest BCUT2D eigenvalue weighted by atomic mass is 9.94. The number of aliphatic hydroxyl groups excluding tert-OH is 1. The summed E-state index contributed by atoms with van der Waals surface area (Å²) < 4.78 is 0. The Bertz CT molecular complexity index is 304. The molecule has 2 heterocycles. The van der Waals surface area contributed by atoms with E-state index in [2.05, 4.69) is 21.7 Å². The van der Waals surface area contributed by atoms with E-state index >= 15 is 0 Å². The average Bonchev–Trinajstić information content (AvgIpc) is 3.06. The molecule has 1 saturated carbocycles. The van der Waals surface area contributed by atoms with Gasteiger partial charge in [0.15, 0.2) is 0 Å². The summed E-state index contributed by atoms with van der Waals surface area (Å²) in [6.45, 7) is 8.55. The van der Waals surface area contributed by atoms with E-state index in [1.807, 2.05) is 0 Å². The molecule has 1 N–H and O–H groups in total. The van der Waals surface area contributed by atoms with Crippen LogP contribution in [0.3, 0.4) is 0 Å². The third-order valence-electron chi connectivity index (χ3n) is 5.74. The molecular weight excluding hydrogens is 250 g/mol. The monoisotopic (exact) mass is 281 g/mol. The first-order valence-corrected chi connectivity index (χ1v) is 8.57. The van der Waals surface area contributed by atoms with Gasteiger partial charge in [0.25, 0.3) is 0 Å². The van der Waals surface area contributed by atoms with E-state index in [-0.39, 0.29) is 6.10 Å². The first-order valence-electron chi connectivity index (χ1n) is 8.57. The molecule has 0 radical (unpaired) electrons. The number of hydrogen-bond donors (Lipinski definition) is 1. The predicted molar refractivity (Wildman–Crippen MR) is 81.9 cm³/mol. The topological polar surface area (TPSA) is 30.0 Å². The molecule has 0 aromatic rings. The van der Waals surface area contributed by atoms with Crippen LogP contribution in [0.4, 0.5) is 0 Å². The van der Waals surface area contributed by atoms with Gasteiger partial charge >= 0.3 is 0 Å². The summed E-state index contributed by atoms with van der Waals surface area (Å²) in [6, 6.07) is 0.667. The van der Waals surface area contributed by atoms with E-state index in [0.717, 1.165) is 6.42 Å². The van der Waals surface area contributed by atoms with Crippen molar-refractivity contribution < 1.29 is 5.11 Å². The zero-order valence-electron chi connectivity index (χ0n) is 13.0. The summed E-state index contributed by atoms with van der Waals surface area (Å²) >= 11 is 0. The molecule has 3 fully saturated rings. The Labute approximate surface area is 123 Å². The van der Waals surface area contributed by atoms with Gasteiger partial charge in [-0.1, -0.05) is 6.42 Å². The first-order chi connectivity index (χ1) is 9.74. The molecule has 0 amide bonds. The Morgan fingerprint density at radius 2 is 1.70 bits per heavy atom. The number of rotatable bonds is 4. The lowest BCUT2D eigenvalue weighted by Crippen LogP contribution is -2.48. The van der Waals surface area contributed by atoms with Gasteiger partial charge in [-0.2, -0.15) is 0 Å². The molecule has 3 atom stereocenters. The summed E-state index contributed by atoms with van der Waals surface area (Å²) in [7, 11) is 2.22. The van der Waals surface area contributed by atoms with Crippen LogP contribution in [0.15, 0.2) is 0 Å². The van der Waals surface area contributed by atoms with Crippen LogP contribution in [0.25, 0.3) is 0 Å². The maximum absolute atomic E-state index is 10.2. The highest BCUT2D eigenvalue weighted by atomic mass is 16.3. The van der Waals surface area contributed by atoms with Crippen LogP contribution in [-0.4, -0.2) is 84.8 Å². The van der Waals surface area contributed by atoms with E-state index < -0.39 is 0 Å². The van der Waals surface area contributed by atoms with Crippen molar-refractivity contribution in [1.82, 2.24) is 14.7 Å². The van der Waals surface area contributed by atoms with E-state index in [9.17, 15) is 5.11 Å². The number of aliphatic hydroxyl groups is 1. The van der Waals surface area contributed by atoms with Gasteiger partial charge in [0.1, 0.15) is 0 Å². The van der Waals surface area contributed by atoms with E-state index in [1.165, 1.54) is 71.5 Å². The van der Waals surface area contributed by atoms with Gasteiger partial charge in [0.05, 0.1) is 6.10 Å². The minimum atomic E-state index is -0.0239. The van der Waals surface area contributed by atoms with Crippen molar-refractivity contribution in [3.63, 3.8) is 0 Å². The molecule has 3 unspecified atom stereocenters. The van der Waals surface area contributed by atoms with Gasteiger partial charge in [0, 0.05) is 51.2 Å². The zero-order valence-corrected chi connectivity index (χ0v) is 13.0. The van der Waals surface area contributed by atoms with Gasteiger partial charge in [-0.3, -0.25) is 9.80 Å². The average molecular weight is 281 g/mol. The SMILES string of the molecule is CN1CCN(CCN2CCCC2C2CCCC2O)CC1. The van der Waals surface area contributed by atoms with E-state index in [0.29, 0.717) is 12.0 Å². The minimum absolute atomic E-state index is 0.0239. The van der Waals surface area contributed by atoms with Crippen LogP contribution in [0.2, 0.25) is 0 Å². The van der Waals surface area contributed by atoms with Gasteiger partial charge in [0.2, 0.25) is 0 Å². The molecule has 1 aliphatic carbocycles. The molecular formula is C16H31N3O. The standard InChI is InChI=1S/C16H31N3O/c1-17-8-10-18(11-9-17)12-13-19-7-3-5-15(19)14-4-2-6-16(14)20/h14-16,20H,2-13H2,1H3. The predicted octanol–water partition coefficient (Wildman–Crippen LogP) is 0.859. The Hall–Kier alpha value is -0.160. The fourth-order valence-electron chi connectivity index (χ4n) is 4.37. The normalized spacial score (nSPS) is 37.8. The van der Waals surface area contributed by atoms with Crippen molar-refractivity contribution in [2.45, 2.75) is 44.2 Å². The Balaban J connectivity index is 1.46. The fraction of sp³-hybridized carbons (Fsp3) is 1.00. The van der Waals surface area contributed by atoms with Gasteiger partial charge < -0.3 is 10.0 Å². The smallest absolute Gasteiger partial charge is 0.0583 e. The fourth-order valence-corrected chi connectivity index (χ4v) is 4.37. The van der Waals surface area contributed by atoms with E-state index in [4.69, 9.17) is 0 Å². The third-order valence-corrected chi connectivity index (χ3v) is 5.74. The molecule has 0 spiro atoms. The van der Waals surface area contributed by atoms with Crippen LogP contribution in [0.5, 0.6) is 0 Å². The van der Waals surface area contributed by atoms with Crippen LogP contribution in [0.1, 0.15) is 32.1 Å². The zero-order chi connectivity index (χ0) is 13.9.